The summed E-state index contributed by atoms with van der Waals surface area (Å²) in [4.78, 5) is 11.3. The van der Waals surface area contributed by atoms with Crippen molar-refractivity contribution in [3.63, 3.8) is 0 Å². The number of allylic oxidation sites excluding steroid dienone is 4. The Morgan fingerprint density at radius 1 is 1.50 bits per heavy atom. The lowest BCUT2D eigenvalue weighted by atomic mass is 10.00. The van der Waals surface area contributed by atoms with E-state index in [4.69, 9.17) is 0 Å². The fourth-order valence-electron chi connectivity index (χ4n) is 1.88. The molecule has 2 atom stereocenters. The predicted octanol–water partition coefficient (Wildman–Crippen LogP) is 1.71. The summed E-state index contributed by atoms with van der Waals surface area (Å²) in [5.74, 6) is 1.05. The van der Waals surface area contributed by atoms with Gasteiger partial charge in [-0.05, 0) is 18.9 Å². The van der Waals surface area contributed by atoms with Crippen LogP contribution in [0.3, 0.4) is 0 Å². The molecule has 0 N–H and O–H groups in total. The van der Waals surface area contributed by atoms with Crippen molar-refractivity contribution in [3.05, 3.63) is 23.8 Å². The van der Waals surface area contributed by atoms with Crippen molar-refractivity contribution in [1.29, 1.82) is 0 Å². The summed E-state index contributed by atoms with van der Waals surface area (Å²) in [6.07, 6.45) is 7.19. The van der Waals surface area contributed by atoms with Gasteiger partial charge in [0.05, 0.1) is 0 Å². The van der Waals surface area contributed by atoms with E-state index in [1.165, 1.54) is 0 Å². The first-order chi connectivity index (χ1) is 4.83. The van der Waals surface area contributed by atoms with Crippen LogP contribution in [0.5, 0.6) is 0 Å². The first-order valence-electron chi connectivity index (χ1n) is 3.71. The van der Waals surface area contributed by atoms with Gasteiger partial charge in [-0.3, -0.25) is 4.79 Å². The molecule has 1 heteroatoms. The van der Waals surface area contributed by atoms with E-state index < -0.39 is 0 Å². The topological polar surface area (TPSA) is 17.1 Å². The Hall–Kier alpha value is -0.850. The quantitative estimate of drug-likeness (QED) is 0.364. The van der Waals surface area contributed by atoms with E-state index in [1.54, 1.807) is 0 Å². The van der Waals surface area contributed by atoms with Gasteiger partial charge in [-0.1, -0.05) is 18.2 Å². The van der Waals surface area contributed by atoms with Crippen LogP contribution in [-0.2, 0) is 4.79 Å². The highest BCUT2D eigenvalue weighted by Crippen LogP contribution is 2.39. The van der Waals surface area contributed by atoms with E-state index in [0.29, 0.717) is 11.7 Å². The van der Waals surface area contributed by atoms with Gasteiger partial charge in [-0.2, -0.15) is 0 Å². The summed E-state index contributed by atoms with van der Waals surface area (Å²) in [5, 5.41) is 0. The third kappa shape index (κ3) is 0.551. The van der Waals surface area contributed by atoms with Crippen molar-refractivity contribution in [3.8, 4) is 0 Å². The molecule has 0 aromatic rings. The molecule has 0 saturated heterocycles. The molecular weight excluding hydrogens is 124 g/mol. The molecule has 0 heterocycles. The SMILES string of the molecule is CC=C1C(=O)C2C=CC1C2. The van der Waals surface area contributed by atoms with Gasteiger partial charge >= 0.3 is 0 Å². The van der Waals surface area contributed by atoms with Crippen LogP contribution in [0.4, 0.5) is 0 Å². The van der Waals surface area contributed by atoms with Gasteiger partial charge in [-0.25, -0.2) is 0 Å². The first kappa shape index (κ1) is 5.90. The average Bonchev–Trinajstić information content (AvgIpc) is 2.46. The van der Waals surface area contributed by atoms with Crippen molar-refractivity contribution in [1.82, 2.24) is 0 Å². The summed E-state index contributed by atoms with van der Waals surface area (Å²) in [6, 6.07) is 0. The van der Waals surface area contributed by atoms with Crippen LogP contribution in [-0.4, -0.2) is 5.78 Å². The van der Waals surface area contributed by atoms with Gasteiger partial charge in [0.25, 0.3) is 0 Å². The Morgan fingerprint density at radius 2 is 2.20 bits per heavy atom. The molecule has 0 spiro atoms. The number of ketones is 1. The highest BCUT2D eigenvalue weighted by molar-refractivity contribution is 6.02. The van der Waals surface area contributed by atoms with E-state index in [9.17, 15) is 4.79 Å². The lowest BCUT2D eigenvalue weighted by Crippen LogP contribution is -2.07. The van der Waals surface area contributed by atoms with Crippen LogP contribution in [0.25, 0.3) is 0 Å². The van der Waals surface area contributed by atoms with Gasteiger partial charge in [-0.15, -0.1) is 0 Å². The van der Waals surface area contributed by atoms with Crippen LogP contribution in [0.2, 0.25) is 0 Å². The van der Waals surface area contributed by atoms with Gasteiger partial charge in [0.2, 0.25) is 0 Å². The monoisotopic (exact) mass is 134 g/mol. The number of hydrogen-bond donors (Lipinski definition) is 0. The van der Waals surface area contributed by atoms with Crippen LogP contribution < -0.4 is 0 Å². The Morgan fingerprint density at radius 3 is 2.60 bits per heavy atom. The highest BCUT2D eigenvalue weighted by Gasteiger charge is 2.37. The molecule has 2 aliphatic carbocycles. The third-order valence-corrected chi connectivity index (χ3v) is 2.42. The minimum atomic E-state index is 0.233. The summed E-state index contributed by atoms with van der Waals surface area (Å²) in [7, 11) is 0. The van der Waals surface area contributed by atoms with Crippen LogP contribution >= 0.6 is 0 Å². The molecule has 0 aromatic carbocycles. The van der Waals surface area contributed by atoms with E-state index in [-0.39, 0.29) is 5.92 Å². The van der Waals surface area contributed by atoms with Crippen LogP contribution in [0.1, 0.15) is 13.3 Å². The number of fused-ring (bicyclic) bond motifs is 2. The maximum Gasteiger partial charge on any atom is 0.165 e. The maximum atomic E-state index is 11.3. The van der Waals surface area contributed by atoms with Gasteiger partial charge in [0.15, 0.2) is 5.78 Å². The second-order valence-electron chi connectivity index (χ2n) is 2.94. The zero-order chi connectivity index (χ0) is 7.14. The lowest BCUT2D eigenvalue weighted by molar-refractivity contribution is -0.116. The van der Waals surface area contributed by atoms with E-state index >= 15 is 0 Å². The third-order valence-electron chi connectivity index (χ3n) is 2.42. The number of carbonyl (C=O) groups excluding carboxylic acids is 1. The second kappa shape index (κ2) is 1.82. The number of hydrogen-bond acceptors (Lipinski definition) is 1. The first-order valence-corrected chi connectivity index (χ1v) is 3.71. The summed E-state index contributed by atoms with van der Waals surface area (Å²) in [6.45, 7) is 1.95. The zero-order valence-corrected chi connectivity index (χ0v) is 6.00. The molecule has 2 bridgehead atoms. The van der Waals surface area contributed by atoms with Crippen molar-refractivity contribution in [2.24, 2.45) is 11.8 Å². The smallest absolute Gasteiger partial charge is 0.165 e. The Kier molecular flexibility index (Phi) is 1.07. The average molecular weight is 134 g/mol. The molecule has 2 rings (SSSR count). The van der Waals surface area contributed by atoms with E-state index in [0.717, 1.165) is 12.0 Å². The molecule has 10 heavy (non-hydrogen) atoms. The summed E-state index contributed by atoms with van der Waals surface area (Å²) < 4.78 is 0. The van der Waals surface area contributed by atoms with Gasteiger partial charge in [0.1, 0.15) is 0 Å². The van der Waals surface area contributed by atoms with E-state index in [2.05, 4.69) is 6.08 Å². The largest absolute Gasteiger partial charge is 0.294 e. The molecular formula is C9H10O. The molecule has 0 aromatic heterocycles. The van der Waals surface area contributed by atoms with Gasteiger partial charge in [0, 0.05) is 11.8 Å². The van der Waals surface area contributed by atoms with Crippen molar-refractivity contribution < 1.29 is 4.79 Å². The number of rotatable bonds is 0. The minimum Gasteiger partial charge on any atom is -0.294 e. The Balaban J connectivity index is 2.43. The maximum absolute atomic E-state index is 11.3. The number of Topliss-reactive ketones (excluding diaryl/α,β-unsaturated/α-hetero) is 1. The van der Waals surface area contributed by atoms with E-state index in [1.807, 2.05) is 19.1 Å². The molecule has 1 fully saturated rings. The molecule has 0 radical (unpaired) electrons. The Bertz CT molecular complexity index is 235. The summed E-state index contributed by atoms with van der Waals surface area (Å²) >= 11 is 0. The van der Waals surface area contributed by atoms with Gasteiger partial charge < -0.3 is 0 Å². The summed E-state index contributed by atoms with van der Waals surface area (Å²) in [5.41, 5.74) is 1.03. The van der Waals surface area contributed by atoms with Crippen LogP contribution in [0.15, 0.2) is 23.8 Å². The Labute approximate surface area is 60.4 Å². The zero-order valence-electron chi connectivity index (χ0n) is 6.00. The molecule has 1 saturated carbocycles. The molecule has 0 amide bonds. The fraction of sp³-hybridized carbons (Fsp3) is 0.444. The number of carbonyl (C=O) groups is 1. The van der Waals surface area contributed by atoms with Crippen molar-refractivity contribution in [2.45, 2.75) is 13.3 Å². The molecule has 2 unspecified atom stereocenters. The fourth-order valence-corrected chi connectivity index (χ4v) is 1.88. The predicted molar refractivity (Wildman–Crippen MR) is 39.5 cm³/mol. The molecule has 0 aliphatic heterocycles. The normalized spacial score (nSPS) is 40.1. The van der Waals surface area contributed by atoms with Crippen LogP contribution in [0, 0.1) is 11.8 Å². The standard InChI is InChI=1S/C9H10O/c1-2-8-6-3-4-7(5-6)9(8)10/h2-4,6-7H,5H2,1H3. The van der Waals surface area contributed by atoms with Crippen molar-refractivity contribution in [2.75, 3.05) is 0 Å². The molecule has 1 nitrogen and oxygen atoms in total. The molecule has 2 aliphatic rings. The van der Waals surface area contributed by atoms with Crippen molar-refractivity contribution >= 4 is 5.78 Å². The highest BCUT2D eigenvalue weighted by atomic mass is 16.1. The lowest BCUT2D eigenvalue weighted by Gasteiger charge is -2.04. The minimum absolute atomic E-state index is 0.233. The second-order valence-corrected chi connectivity index (χ2v) is 2.94. The molecule has 52 valence electrons.